The highest BCUT2D eigenvalue weighted by molar-refractivity contribution is 5.46. The molecule has 1 aromatic carbocycles. The zero-order valence-electron chi connectivity index (χ0n) is 9.21. The lowest BCUT2D eigenvalue weighted by molar-refractivity contribution is 0.463. The third-order valence-corrected chi connectivity index (χ3v) is 3.14. The van der Waals surface area contributed by atoms with E-state index < -0.39 is 0 Å². The van der Waals surface area contributed by atoms with Crippen LogP contribution < -0.4 is 11.1 Å². The largest absolute Gasteiger partial charge is 0.382 e. The molecule has 1 fully saturated rings. The van der Waals surface area contributed by atoms with Gasteiger partial charge in [-0.25, -0.2) is 0 Å². The van der Waals surface area contributed by atoms with Crippen LogP contribution in [-0.4, -0.2) is 6.04 Å². The van der Waals surface area contributed by atoms with Gasteiger partial charge in [-0.1, -0.05) is 31.4 Å². The summed E-state index contributed by atoms with van der Waals surface area (Å²) in [7, 11) is 0. The molecular formula is C13H20N2. The molecule has 0 unspecified atom stereocenters. The Morgan fingerprint density at radius 1 is 1.20 bits per heavy atom. The molecule has 0 heterocycles. The van der Waals surface area contributed by atoms with Gasteiger partial charge in [0.1, 0.15) is 0 Å². The van der Waals surface area contributed by atoms with Crippen molar-refractivity contribution in [2.45, 2.75) is 44.7 Å². The fourth-order valence-electron chi connectivity index (χ4n) is 2.27. The first-order chi connectivity index (χ1) is 7.38. The predicted octanol–water partition coefficient (Wildman–Crippen LogP) is 2.89. The van der Waals surface area contributed by atoms with Crippen molar-refractivity contribution in [2.75, 3.05) is 5.32 Å². The summed E-state index contributed by atoms with van der Waals surface area (Å²) in [5.74, 6) is 0. The Hall–Kier alpha value is -1.02. The lowest BCUT2D eigenvalue weighted by Gasteiger charge is -2.24. The van der Waals surface area contributed by atoms with E-state index in [1.165, 1.54) is 43.4 Å². The molecule has 82 valence electrons. The summed E-state index contributed by atoms with van der Waals surface area (Å²) in [6, 6.07) is 9.12. The number of rotatable bonds is 3. The highest BCUT2D eigenvalue weighted by Gasteiger charge is 2.12. The molecular weight excluding hydrogens is 184 g/mol. The summed E-state index contributed by atoms with van der Waals surface area (Å²) in [6.45, 7) is 0.625. The molecule has 3 N–H and O–H groups in total. The van der Waals surface area contributed by atoms with E-state index in [0.717, 1.165) is 0 Å². The monoisotopic (exact) mass is 204 g/mol. The quantitative estimate of drug-likeness (QED) is 0.794. The van der Waals surface area contributed by atoms with Crippen molar-refractivity contribution in [2.24, 2.45) is 5.73 Å². The van der Waals surface area contributed by atoms with Crippen LogP contribution in [-0.2, 0) is 6.54 Å². The van der Waals surface area contributed by atoms with Crippen LogP contribution in [0.4, 0.5) is 5.69 Å². The molecule has 1 aliphatic rings. The summed E-state index contributed by atoms with van der Waals surface area (Å²) in [6.07, 6.45) is 6.77. The van der Waals surface area contributed by atoms with Crippen molar-refractivity contribution in [3.05, 3.63) is 29.8 Å². The molecule has 0 radical (unpaired) electrons. The van der Waals surface area contributed by atoms with Gasteiger partial charge < -0.3 is 11.1 Å². The van der Waals surface area contributed by atoms with Crippen molar-refractivity contribution in [3.8, 4) is 0 Å². The second-order valence-corrected chi connectivity index (χ2v) is 4.38. The topological polar surface area (TPSA) is 38.0 Å². The number of hydrogen-bond donors (Lipinski definition) is 2. The Balaban J connectivity index is 1.96. The second kappa shape index (κ2) is 5.17. The predicted molar refractivity (Wildman–Crippen MR) is 64.8 cm³/mol. The molecule has 2 nitrogen and oxygen atoms in total. The van der Waals surface area contributed by atoms with Crippen molar-refractivity contribution >= 4 is 5.69 Å². The van der Waals surface area contributed by atoms with Gasteiger partial charge in [-0.15, -0.1) is 0 Å². The maximum Gasteiger partial charge on any atom is 0.0345 e. The lowest BCUT2D eigenvalue weighted by Crippen LogP contribution is -2.22. The molecule has 2 rings (SSSR count). The lowest BCUT2D eigenvalue weighted by atomic mass is 9.95. The van der Waals surface area contributed by atoms with Crippen LogP contribution in [0, 0.1) is 0 Å². The molecule has 0 amide bonds. The summed E-state index contributed by atoms with van der Waals surface area (Å²) in [5.41, 5.74) is 8.06. The number of nitrogens with two attached hydrogens (primary N) is 1. The highest BCUT2D eigenvalue weighted by atomic mass is 14.9. The minimum Gasteiger partial charge on any atom is -0.382 e. The average molecular weight is 204 g/mol. The zero-order chi connectivity index (χ0) is 10.5. The molecule has 1 saturated carbocycles. The van der Waals surface area contributed by atoms with E-state index in [4.69, 9.17) is 5.73 Å². The van der Waals surface area contributed by atoms with Gasteiger partial charge in [0.05, 0.1) is 0 Å². The van der Waals surface area contributed by atoms with E-state index in [1.54, 1.807) is 0 Å². The van der Waals surface area contributed by atoms with Crippen LogP contribution in [0.25, 0.3) is 0 Å². The van der Waals surface area contributed by atoms with E-state index >= 15 is 0 Å². The third kappa shape index (κ3) is 2.96. The van der Waals surface area contributed by atoms with E-state index in [0.29, 0.717) is 12.6 Å². The summed E-state index contributed by atoms with van der Waals surface area (Å²) >= 11 is 0. The van der Waals surface area contributed by atoms with Gasteiger partial charge in [0.25, 0.3) is 0 Å². The van der Waals surface area contributed by atoms with Crippen LogP contribution >= 0.6 is 0 Å². The molecule has 0 bridgehead atoms. The van der Waals surface area contributed by atoms with Crippen LogP contribution in [0.5, 0.6) is 0 Å². The summed E-state index contributed by atoms with van der Waals surface area (Å²) in [5, 5.41) is 3.60. The normalized spacial score (nSPS) is 17.7. The summed E-state index contributed by atoms with van der Waals surface area (Å²) < 4.78 is 0. The number of nitrogens with one attached hydrogen (secondary N) is 1. The highest BCUT2D eigenvalue weighted by Crippen LogP contribution is 2.21. The van der Waals surface area contributed by atoms with Crippen LogP contribution in [0.15, 0.2) is 24.3 Å². The van der Waals surface area contributed by atoms with E-state index in [-0.39, 0.29) is 0 Å². The Bertz CT molecular complexity index is 303. The SMILES string of the molecule is NCc1cccc(NC2CCCCC2)c1. The molecule has 0 spiro atoms. The van der Waals surface area contributed by atoms with Gasteiger partial charge in [0, 0.05) is 18.3 Å². The maximum absolute atomic E-state index is 5.62. The molecule has 0 atom stereocenters. The molecule has 2 heteroatoms. The van der Waals surface area contributed by atoms with Gasteiger partial charge >= 0.3 is 0 Å². The summed E-state index contributed by atoms with van der Waals surface area (Å²) in [4.78, 5) is 0. The van der Waals surface area contributed by atoms with Crippen molar-refractivity contribution < 1.29 is 0 Å². The van der Waals surface area contributed by atoms with Gasteiger partial charge in [-0.05, 0) is 30.5 Å². The molecule has 1 aliphatic carbocycles. The molecule has 15 heavy (non-hydrogen) atoms. The van der Waals surface area contributed by atoms with Crippen molar-refractivity contribution in [1.82, 2.24) is 0 Å². The number of hydrogen-bond acceptors (Lipinski definition) is 2. The first-order valence-corrected chi connectivity index (χ1v) is 5.94. The number of anilines is 1. The van der Waals surface area contributed by atoms with Gasteiger partial charge in [-0.2, -0.15) is 0 Å². The van der Waals surface area contributed by atoms with Gasteiger partial charge in [0.2, 0.25) is 0 Å². The van der Waals surface area contributed by atoms with Crippen LogP contribution in [0.2, 0.25) is 0 Å². The second-order valence-electron chi connectivity index (χ2n) is 4.38. The Morgan fingerprint density at radius 2 is 2.00 bits per heavy atom. The molecule has 0 saturated heterocycles. The van der Waals surface area contributed by atoms with Crippen LogP contribution in [0.1, 0.15) is 37.7 Å². The molecule has 1 aromatic rings. The van der Waals surface area contributed by atoms with Crippen LogP contribution in [0.3, 0.4) is 0 Å². The van der Waals surface area contributed by atoms with E-state index in [9.17, 15) is 0 Å². The molecule has 0 aliphatic heterocycles. The Morgan fingerprint density at radius 3 is 2.73 bits per heavy atom. The third-order valence-electron chi connectivity index (χ3n) is 3.14. The van der Waals surface area contributed by atoms with Gasteiger partial charge in [0.15, 0.2) is 0 Å². The fraction of sp³-hybridized carbons (Fsp3) is 0.538. The minimum atomic E-state index is 0.625. The van der Waals surface area contributed by atoms with E-state index in [1.807, 2.05) is 0 Å². The van der Waals surface area contributed by atoms with Crippen molar-refractivity contribution in [3.63, 3.8) is 0 Å². The Kier molecular flexibility index (Phi) is 3.62. The first kappa shape index (κ1) is 10.5. The van der Waals surface area contributed by atoms with Gasteiger partial charge in [-0.3, -0.25) is 0 Å². The number of benzene rings is 1. The van der Waals surface area contributed by atoms with E-state index in [2.05, 4.69) is 29.6 Å². The minimum absolute atomic E-state index is 0.625. The molecule has 0 aromatic heterocycles. The maximum atomic E-state index is 5.62. The smallest absolute Gasteiger partial charge is 0.0345 e. The Labute approximate surface area is 91.9 Å². The standard InChI is InChI=1S/C13H20N2/c14-10-11-5-4-8-13(9-11)15-12-6-2-1-3-7-12/h4-5,8-9,12,15H,1-3,6-7,10,14H2. The first-order valence-electron chi connectivity index (χ1n) is 5.94. The average Bonchev–Trinajstić information content (AvgIpc) is 2.31. The van der Waals surface area contributed by atoms with Crippen molar-refractivity contribution in [1.29, 1.82) is 0 Å². The zero-order valence-corrected chi connectivity index (χ0v) is 9.21. The fourth-order valence-corrected chi connectivity index (χ4v) is 2.27.